The number of carboxylic acids is 2. The Hall–Kier alpha value is -4.26. The Bertz CT molecular complexity index is 1390. The van der Waals surface area contributed by atoms with Gasteiger partial charge in [-0.05, 0) is 0 Å². The molecular weight excluding hydrogens is 500 g/mol. The molecule has 4 rings (SSSR count). The molecule has 4 heterocycles. The average molecular weight is 522 g/mol. The van der Waals surface area contributed by atoms with Gasteiger partial charge in [-0.15, -0.1) is 10.2 Å². The molecule has 18 nitrogen and oxygen atoms in total. The molecule has 0 amide bonds. The molecule has 0 radical (unpaired) electrons. The SMILES string of the molecule is O=C(O)Cn1cc(COC[C@H]2O[C@@H](n3ccc(=O)n(Cc4cn(CC(=O)O)nn4)c3=O)[C@H](O)[C@@H]2O)nn1. The van der Waals surface area contributed by atoms with Crippen molar-refractivity contribution in [2.75, 3.05) is 6.61 Å². The molecule has 198 valence electrons. The van der Waals surface area contributed by atoms with Gasteiger partial charge in [-0.3, -0.25) is 23.5 Å². The molecule has 1 saturated heterocycles. The molecule has 0 aromatic carbocycles. The van der Waals surface area contributed by atoms with Crippen LogP contribution in [0.3, 0.4) is 0 Å². The first-order valence-corrected chi connectivity index (χ1v) is 10.8. The van der Waals surface area contributed by atoms with Crippen molar-refractivity contribution >= 4 is 11.9 Å². The third kappa shape index (κ3) is 5.94. The van der Waals surface area contributed by atoms with Gasteiger partial charge >= 0.3 is 17.6 Å². The quantitative estimate of drug-likeness (QED) is 0.189. The van der Waals surface area contributed by atoms with E-state index in [0.29, 0.717) is 5.69 Å². The fraction of sp³-hybridized carbons (Fsp3) is 0.474. The smallest absolute Gasteiger partial charge is 0.333 e. The van der Waals surface area contributed by atoms with Crippen molar-refractivity contribution in [3.8, 4) is 0 Å². The van der Waals surface area contributed by atoms with Crippen molar-refractivity contribution in [2.45, 2.75) is 50.8 Å². The summed E-state index contributed by atoms with van der Waals surface area (Å²) < 4.78 is 15.0. The molecule has 4 N–H and O–H groups in total. The summed E-state index contributed by atoms with van der Waals surface area (Å²) >= 11 is 0. The zero-order valence-corrected chi connectivity index (χ0v) is 19.0. The number of aliphatic hydroxyl groups excluding tert-OH is 2. The van der Waals surface area contributed by atoms with Crippen LogP contribution in [0.4, 0.5) is 0 Å². The lowest BCUT2D eigenvalue weighted by Crippen LogP contribution is -2.43. The summed E-state index contributed by atoms with van der Waals surface area (Å²) in [6.07, 6.45) is -1.59. The first-order valence-electron chi connectivity index (χ1n) is 10.8. The van der Waals surface area contributed by atoms with Gasteiger partial charge in [0.2, 0.25) is 0 Å². The number of aliphatic hydroxyl groups is 2. The summed E-state index contributed by atoms with van der Waals surface area (Å²) in [6, 6.07) is 1.07. The molecule has 3 aromatic rings. The summed E-state index contributed by atoms with van der Waals surface area (Å²) in [5.41, 5.74) is -1.07. The molecule has 1 fully saturated rings. The second-order valence-corrected chi connectivity index (χ2v) is 8.09. The lowest BCUT2D eigenvalue weighted by atomic mass is 10.1. The van der Waals surface area contributed by atoms with Gasteiger partial charge < -0.3 is 29.9 Å². The van der Waals surface area contributed by atoms with Crippen LogP contribution in [0.2, 0.25) is 0 Å². The van der Waals surface area contributed by atoms with Crippen LogP contribution in [0.25, 0.3) is 0 Å². The van der Waals surface area contributed by atoms with Crippen LogP contribution in [0.15, 0.2) is 34.2 Å². The molecule has 0 spiro atoms. The Morgan fingerprint density at radius 1 is 0.973 bits per heavy atom. The van der Waals surface area contributed by atoms with Gasteiger partial charge in [0, 0.05) is 12.3 Å². The maximum absolute atomic E-state index is 13.0. The number of carboxylic acid groups (broad SMARTS) is 2. The van der Waals surface area contributed by atoms with E-state index >= 15 is 0 Å². The van der Waals surface area contributed by atoms with E-state index < -0.39 is 54.3 Å². The monoisotopic (exact) mass is 522 g/mol. The lowest BCUT2D eigenvalue weighted by Gasteiger charge is -2.18. The topological polar surface area (TPSA) is 239 Å². The predicted octanol–water partition coefficient (Wildman–Crippen LogP) is -3.75. The Labute approximate surface area is 205 Å². The van der Waals surface area contributed by atoms with Crippen molar-refractivity contribution in [1.29, 1.82) is 0 Å². The van der Waals surface area contributed by atoms with E-state index in [2.05, 4.69) is 20.6 Å². The number of hydrogen-bond acceptors (Lipinski definition) is 12. The first kappa shape index (κ1) is 25.8. The molecule has 0 saturated carbocycles. The van der Waals surface area contributed by atoms with E-state index in [1.54, 1.807) is 0 Å². The van der Waals surface area contributed by atoms with E-state index in [4.69, 9.17) is 19.7 Å². The summed E-state index contributed by atoms with van der Waals surface area (Å²) in [6.45, 7) is -1.44. The Morgan fingerprint density at radius 2 is 1.59 bits per heavy atom. The maximum atomic E-state index is 13.0. The Kier molecular flexibility index (Phi) is 7.53. The van der Waals surface area contributed by atoms with Crippen molar-refractivity contribution in [2.24, 2.45) is 0 Å². The third-order valence-electron chi connectivity index (χ3n) is 5.33. The molecule has 3 aromatic heterocycles. The molecular formula is C19H22N8O10. The molecule has 0 bridgehead atoms. The zero-order valence-electron chi connectivity index (χ0n) is 19.0. The molecule has 1 aliphatic heterocycles. The van der Waals surface area contributed by atoms with Crippen LogP contribution in [-0.4, -0.2) is 96.4 Å². The van der Waals surface area contributed by atoms with Crippen molar-refractivity contribution < 1.29 is 39.5 Å². The number of carbonyl (C=O) groups is 2. The van der Waals surface area contributed by atoms with E-state index in [-0.39, 0.29) is 32.0 Å². The predicted molar refractivity (Wildman–Crippen MR) is 115 cm³/mol. The van der Waals surface area contributed by atoms with Crippen LogP contribution >= 0.6 is 0 Å². The summed E-state index contributed by atoms with van der Waals surface area (Å²) in [4.78, 5) is 46.9. The summed E-state index contributed by atoms with van der Waals surface area (Å²) in [5.74, 6) is -2.24. The molecule has 4 atom stereocenters. The third-order valence-corrected chi connectivity index (χ3v) is 5.33. The summed E-state index contributed by atoms with van der Waals surface area (Å²) in [7, 11) is 0. The van der Waals surface area contributed by atoms with Gasteiger partial charge in [0.25, 0.3) is 5.56 Å². The average Bonchev–Trinajstić information content (AvgIpc) is 3.53. The molecule has 0 aliphatic carbocycles. The highest BCUT2D eigenvalue weighted by Gasteiger charge is 2.44. The normalized spacial score (nSPS) is 21.4. The number of nitrogens with zero attached hydrogens (tertiary/aromatic N) is 8. The van der Waals surface area contributed by atoms with Gasteiger partial charge in [0.05, 0.1) is 32.2 Å². The van der Waals surface area contributed by atoms with Crippen LogP contribution in [0, 0.1) is 0 Å². The van der Waals surface area contributed by atoms with Gasteiger partial charge in [-0.25, -0.2) is 14.2 Å². The minimum absolute atomic E-state index is 0.0830. The van der Waals surface area contributed by atoms with Gasteiger partial charge in [-0.1, -0.05) is 10.4 Å². The molecule has 18 heteroatoms. The Morgan fingerprint density at radius 3 is 2.24 bits per heavy atom. The van der Waals surface area contributed by atoms with Crippen LogP contribution < -0.4 is 11.2 Å². The Balaban J connectivity index is 1.43. The fourth-order valence-corrected chi connectivity index (χ4v) is 3.66. The first-order chi connectivity index (χ1) is 17.6. The maximum Gasteiger partial charge on any atom is 0.333 e. The number of aliphatic carboxylic acids is 2. The van der Waals surface area contributed by atoms with Crippen LogP contribution in [0.1, 0.15) is 17.6 Å². The largest absolute Gasteiger partial charge is 0.480 e. The highest BCUT2D eigenvalue weighted by atomic mass is 16.6. The minimum atomic E-state index is -1.54. The second kappa shape index (κ2) is 10.8. The van der Waals surface area contributed by atoms with Gasteiger partial charge in [-0.2, -0.15) is 0 Å². The van der Waals surface area contributed by atoms with Gasteiger partial charge in [0.15, 0.2) is 6.23 Å². The molecule has 1 aliphatic rings. The number of hydrogen-bond donors (Lipinski definition) is 4. The highest BCUT2D eigenvalue weighted by molar-refractivity contribution is 5.66. The van der Waals surface area contributed by atoms with Crippen LogP contribution in [0.5, 0.6) is 0 Å². The molecule has 37 heavy (non-hydrogen) atoms. The van der Waals surface area contributed by atoms with E-state index in [1.807, 2.05) is 0 Å². The number of rotatable bonds is 11. The van der Waals surface area contributed by atoms with Crippen LogP contribution in [-0.2, 0) is 45.3 Å². The van der Waals surface area contributed by atoms with Crippen molar-refractivity contribution in [3.05, 3.63) is 56.9 Å². The standard InChI is InChI=1S/C19H22N8O10/c28-13-1-2-26(19(35)27(13)5-10-3-24(22-20-10)6-14(29)30)18-17(34)16(33)12(37-18)9-36-8-11-4-25(23-21-11)7-15(31)32/h1-4,12,16-18,33-34H,5-9H2,(H,29,30)(H,31,32)/t12-,16-,17-,18-/m1/s1. The summed E-state index contributed by atoms with van der Waals surface area (Å²) in [5, 5.41) is 53.3. The van der Waals surface area contributed by atoms with E-state index in [9.17, 15) is 29.4 Å². The van der Waals surface area contributed by atoms with E-state index in [0.717, 1.165) is 30.8 Å². The fourth-order valence-electron chi connectivity index (χ4n) is 3.66. The van der Waals surface area contributed by atoms with Crippen molar-refractivity contribution in [3.63, 3.8) is 0 Å². The second-order valence-electron chi connectivity index (χ2n) is 8.09. The highest BCUT2D eigenvalue weighted by Crippen LogP contribution is 2.28. The minimum Gasteiger partial charge on any atom is -0.480 e. The van der Waals surface area contributed by atoms with Crippen molar-refractivity contribution in [1.82, 2.24) is 39.1 Å². The zero-order chi connectivity index (χ0) is 26.7. The van der Waals surface area contributed by atoms with E-state index in [1.165, 1.54) is 12.4 Å². The number of ether oxygens (including phenoxy) is 2. The lowest BCUT2D eigenvalue weighted by molar-refractivity contribution is -0.139. The van der Waals surface area contributed by atoms with Gasteiger partial charge in [0.1, 0.15) is 42.8 Å². The molecule has 0 unspecified atom stereocenters. The number of aromatic nitrogens is 8.